The quantitative estimate of drug-likeness (QED) is 0.541. The van der Waals surface area contributed by atoms with E-state index in [0.29, 0.717) is 5.70 Å². The van der Waals surface area contributed by atoms with Crippen molar-refractivity contribution in [2.75, 3.05) is 0 Å². The summed E-state index contributed by atoms with van der Waals surface area (Å²) in [5, 5.41) is 0. The lowest BCUT2D eigenvalue weighted by atomic mass is 9.98. The van der Waals surface area contributed by atoms with Crippen molar-refractivity contribution in [1.82, 2.24) is 0 Å². The van der Waals surface area contributed by atoms with E-state index in [0.717, 1.165) is 16.7 Å². The van der Waals surface area contributed by atoms with Gasteiger partial charge in [-0.2, -0.15) is 0 Å². The van der Waals surface area contributed by atoms with Gasteiger partial charge in [0.05, 0.1) is 0 Å². The molecule has 3 aromatic rings. The highest BCUT2D eigenvalue weighted by Gasteiger charge is 2.03. The van der Waals surface area contributed by atoms with Crippen molar-refractivity contribution < 1.29 is 0 Å². The lowest BCUT2D eigenvalue weighted by Crippen LogP contribution is -1.98. The van der Waals surface area contributed by atoms with Crippen LogP contribution in [0.25, 0.3) is 22.4 Å². The van der Waals surface area contributed by atoms with E-state index < -0.39 is 0 Å². The fourth-order valence-corrected chi connectivity index (χ4v) is 2.78. The van der Waals surface area contributed by atoms with Crippen molar-refractivity contribution >= 4 is 11.3 Å². The summed E-state index contributed by atoms with van der Waals surface area (Å²) in [6, 6.07) is 23.4. The maximum Gasteiger partial charge on any atom is 0.0320 e. The molecule has 0 atom stereocenters. The molecule has 1 nitrogen and oxygen atoms in total. The minimum Gasteiger partial charge on any atom is -0.399 e. The molecule has 0 saturated heterocycles. The second kappa shape index (κ2) is 9.05. The number of hydrogen-bond acceptors (Lipinski definition) is 1. The standard InChI is InChI=1S/C14H14.C12H15N/c1-11-3-7-13(8-4-11)14-9-5-12(2)6-10-14;1-8(2)12-7-9(3)5-6-11(12)10(4)13/h3-10H,1-2H3;5-7H,1,4,13H2,2-3H3. The molecule has 3 rings (SSSR count). The minimum absolute atomic E-state index is 0.595. The van der Waals surface area contributed by atoms with Crippen LogP contribution < -0.4 is 5.73 Å². The van der Waals surface area contributed by atoms with Crippen molar-refractivity contribution in [2.45, 2.75) is 27.7 Å². The number of benzene rings is 3. The molecule has 0 fully saturated rings. The van der Waals surface area contributed by atoms with Gasteiger partial charge in [-0.1, -0.05) is 102 Å². The largest absolute Gasteiger partial charge is 0.399 e. The van der Waals surface area contributed by atoms with Crippen LogP contribution in [0.1, 0.15) is 34.7 Å². The van der Waals surface area contributed by atoms with Crippen LogP contribution >= 0.6 is 0 Å². The fourth-order valence-electron chi connectivity index (χ4n) is 2.78. The van der Waals surface area contributed by atoms with E-state index in [1.54, 1.807) is 0 Å². The van der Waals surface area contributed by atoms with Crippen molar-refractivity contribution in [3.63, 3.8) is 0 Å². The number of nitrogens with two attached hydrogens (primary N) is 1. The summed E-state index contributed by atoms with van der Waals surface area (Å²) in [6.45, 7) is 15.9. The molecule has 0 bridgehead atoms. The predicted molar refractivity (Wildman–Crippen MR) is 120 cm³/mol. The van der Waals surface area contributed by atoms with Gasteiger partial charge < -0.3 is 5.73 Å². The third-order valence-corrected chi connectivity index (χ3v) is 4.42. The van der Waals surface area contributed by atoms with Gasteiger partial charge in [0, 0.05) is 11.3 Å². The molecule has 3 aromatic carbocycles. The van der Waals surface area contributed by atoms with Gasteiger partial charge in [-0.15, -0.1) is 0 Å². The molecule has 0 heterocycles. The van der Waals surface area contributed by atoms with E-state index in [-0.39, 0.29) is 0 Å². The van der Waals surface area contributed by atoms with Gasteiger partial charge in [-0.3, -0.25) is 0 Å². The molecule has 0 aliphatic heterocycles. The van der Waals surface area contributed by atoms with E-state index >= 15 is 0 Å². The van der Waals surface area contributed by atoms with E-state index in [2.05, 4.69) is 88.5 Å². The average Bonchev–Trinajstić information content (AvgIpc) is 2.63. The molecule has 0 amide bonds. The summed E-state index contributed by atoms with van der Waals surface area (Å²) in [5.74, 6) is 0. The lowest BCUT2D eigenvalue weighted by molar-refractivity contribution is 1.40. The summed E-state index contributed by atoms with van der Waals surface area (Å²) < 4.78 is 0. The third kappa shape index (κ3) is 5.72. The highest BCUT2D eigenvalue weighted by atomic mass is 14.6. The highest BCUT2D eigenvalue weighted by molar-refractivity contribution is 5.76. The van der Waals surface area contributed by atoms with Gasteiger partial charge in [-0.25, -0.2) is 0 Å². The molecule has 0 saturated carbocycles. The Morgan fingerprint density at radius 2 is 1.04 bits per heavy atom. The first-order valence-corrected chi connectivity index (χ1v) is 9.13. The zero-order chi connectivity index (χ0) is 20.0. The molecule has 1 heteroatoms. The van der Waals surface area contributed by atoms with Crippen molar-refractivity contribution in [1.29, 1.82) is 0 Å². The van der Waals surface area contributed by atoms with Crippen molar-refractivity contribution in [3.05, 3.63) is 108 Å². The number of hydrogen-bond donors (Lipinski definition) is 1. The zero-order valence-electron chi connectivity index (χ0n) is 16.8. The first-order valence-electron chi connectivity index (χ1n) is 9.13. The van der Waals surface area contributed by atoms with Crippen LogP contribution in [0.2, 0.25) is 0 Å². The molecule has 2 N–H and O–H groups in total. The smallest absolute Gasteiger partial charge is 0.0320 e. The predicted octanol–water partition coefficient (Wildman–Crippen LogP) is 6.93. The van der Waals surface area contributed by atoms with Crippen LogP contribution in [0.4, 0.5) is 0 Å². The van der Waals surface area contributed by atoms with Crippen LogP contribution in [-0.2, 0) is 0 Å². The van der Waals surface area contributed by atoms with Gasteiger partial charge >= 0.3 is 0 Å². The van der Waals surface area contributed by atoms with Gasteiger partial charge in [0.1, 0.15) is 0 Å². The molecular weight excluding hydrogens is 326 g/mol. The van der Waals surface area contributed by atoms with Crippen LogP contribution in [0, 0.1) is 20.8 Å². The lowest BCUT2D eigenvalue weighted by Gasteiger charge is -2.09. The fraction of sp³-hybridized carbons (Fsp3) is 0.154. The second-order valence-electron chi connectivity index (χ2n) is 7.09. The van der Waals surface area contributed by atoms with E-state index in [1.807, 2.05) is 19.1 Å². The maximum absolute atomic E-state index is 5.67. The molecule has 27 heavy (non-hydrogen) atoms. The number of aryl methyl sites for hydroxylation is 3. The van der Waals surface area contributed by atoms with Gasteiger partial charge in [0.2, 0.25) is 0 Å². The Morgan fingerprint density at radius 1 is 0.630 bits per heavy atom. The van der Waals surface area contributed by atoms with Crippen LogP contribution in [0.3, 0.4) is 0 Å². The average molecular weight is 356 g/mol. The van der Waals surface area contributed by atoms with E-state index in [4.69, 9.17) is 5.73 Å². The summed E-state index contributed by atoms with van der Waals surface area (Å²) in [7, 11) is 0. The Balaban J connectivity index is 0.000000194. The molecular formula is C26H29N. The number of allylic oxidation sites excluding steroid dienone is 1. The monoisotopic (exact) mass is 355 g/mol. The normalized spacial score (nSPS) is 9.93. The van der Waals surface area contributed by atoms with Gasteiger partial charge in [0.15, 0.2) is 0 Å². The summed E-state index contributed by atoms with van der Waals surface area (Å²) in [4.78, 5) is 0. The van der Waals surface area contributed by atoms with Crippen molar-refractivity contribution in [3.8, 4) is 11.1 Å². The number of rotatable bonds is 3. The Morgan fingerprint density at radius 3 is 1.41 bits per heavy atom. The Bertz CT molecular complexity index is 885. The molecule has 0 aliphatic carbocycles. The Kier molecular flexibility index (Phi) is 6.79. The SMILES string of the molecule is C=C(C)c1cc(C)ccc1C(=C)N.Cc1ccc(-c2ccc(C)cc2)cc1. The molecule has 0 aliphatic rings. The summed E-state index contributed by atoms with van der Waals surface area (Å²) in [6.07, 6.45) is 0. The Labute approximate surface area is 163 Å². The minimum atomic E-state index is 0.595. The molecule has 0 radical (unpaired) electrons. The zero-order valence-corrected chi connectivity index (χ0v) is 16.8. The molecule has 0 unspecified atom stereocenters. The van der Waals surface area contributed by atoms with Gasteiger partial charge in [0.25, 0.3) is 0 Å². The van der Waals surface area contributed by atoms with E-state index in [9.17, 15) is 0 Å². The summed E-state index contributed by atoms with van der Waals surface area (Å²) >= 11 is 0. The molecule has 0 aromatic heterocycles. The first kappa shape index (κ1) is 20.3. The van der Waals surface area contributed by atoms with Crippen molar-refractivity contribution in [2.24, 2.45) is 5.73 Å². The Hall–Kier alpha value is -3.06. The molecule has 138 valence electrons. The first-order chi connectivity index (χ1) is 12.8. The third-order valence-electron chi connectivity index (χ3n) is 4.42. The topological polar surface area (TPSA) is 26.0 Å². The molecule has 0 spiro atoms. The van der Waals surface area contributed by atoms with Gasteiger partial charge in [-0.05, 0) is 44.4 Å². The maximum atomic E-state index is 5.67. The second-order valence-corrected chi connectivity index (χ2v) is 7.09. The highest BCUT2D eigenvalue weighted by Crippen LogP contribution is 2.22. The van der Waals surface area contributed by atoms with Crippen LogP contribution in [-0.4, -0.2) is 0 Å². The van der Waals surface area contributed by atoms with Crippen LogP contribution in [0.5, 0.6) is 0 Å². The van der Waals surface area contributed by atoms with E-state index in [1.165, 1.54) is 27.8 Å². The summed E-state index contributed by atoms with van der Waals surface area (Å²) in [5.41, 5.74) is 15.8. The van der Waals surface area contributed by atoms with Crippen LogP contribution in [0.15, 0.2) is 79.9 Å².